The first-order chi connectivity index (χ1) is 10.3. The normalized spacial score (nSPS) is 17.0. The Balaban J connectivity index is 1.49. The summed E-state index contributed by atoms with van der Waals surface area (Å²) in [5, 5.41) is 0. The van der Waals surface area contributed by atoms with Gasteiger partial charge in [0.1, 0.15) is 0 Å². The molecule has 0 amide bonds. The Labute approximate surface area is 127 Å². The number of hydrogen-bond donors (Lipinski definition) is 0. The summed E-state index contributed by atoms with van der Waals surface area (Å²) < 4.78 is 0. The number of aryl methyl sites for hydroxylation is 1. The Kier molecular flexibility index (Phi) is 4.63. The van der Waals surface area contributed by atoms with Gasteiger partial charge < -0.3 is 0 Å². The van der Waals surface area contributed by atoms with E-state index >= 15 is 0 Å². The largest absolute Gasteiger partial charge is 0.297 e. The summed E-state index contributed by atoms with van der Waals surface area (Å²) in [5.41, 5.74) is 4.14. The van der Waals surface area contributed by atoms with Crippen molar-refractivity contribution >= 4 is 0 Å². The molecule has 0 spiro atoms. The Bertz CT molecular complexity index is 560. The molecule has 1 saturated heterocycles. The number of benzene rings is 1. The zero-order valence-corrected chi connectivity index (χ0v) is 12.7. The van der Waals surface area contributed by atoms with Crippen LogP contribution in [-0.4, -0.2) is 41.0 Å². The van der Waals surface area contributed by atoms with Crippen molar-refractivity contribution in [3.63, 3.8) is 0 Å². The topological polar surface area (TPSA) is 19.4 Å². The second-order valence-corrected chi connectivity index (χ2v) is 5.90. The molecular formula is C18H23N3. The van der Waals surface area contributed by atoms with Gasteiger partial charge in [-0.2, -0.15) is 0 Å². The van der Waals surface area contributed by atoms with E-state index in [0.29, 0.717) is 0 Å². The van der Waals surface area contributed by atoms with Crippen molar-refractivity contribution in [1.29, 1.82) is 0 Å². The average molecular weight is 281 g/mol. The molecule has 0 aliphatic carbocycles. The van der Waals surface area contributed by atoms with Gasteiger partial charge in [-0.05, 0) is 30.2 Å². The van der Waals surface area contributed by atoms with Crippen LogP contribution in [0.25, 0.3) is 0 Å². The summed E-state index contributed by atoms with van der Waals surface area (Å²) in [6.45, 7) is 8.88. The third-order valence-corrected chi connectivity index (χ3v) is 4.11. The van der Waals surface area contributed by atoms with Crippen molar-refractivity contribution in [2.24, 2.45) is 0 Å². The van der Waals surface area contributed by atoms with Crippen molar-refractivity contribution in [1.82, 2.24) is 14.8 Å². The van der Waals surface area contributed by atoms with Gasteiger partial charge in [0.15, 0.2) is 0 Å². The maximum Gasteiger partial charge on any atom is 0.0271 e. The lowest BCUT2D eigenvalue weighted by atomic mass is 10.1. The van der Waals surface area contributed by atoms with Gasteiger partial charge in [-0.25, -0.2) is 0 Å². The van der Waals surface area contributed by atoms with Gasteiger partial charge in [0.25, 0.3) is 0 Å². The van der Waals surface area contributed by atoms with Gasteiger partial charge >= 0.3 is 0 Å². The van der Waals surface area contributed by atoms with Crippen molar-refractivity contribution in [3.8, 4) is 0 Å². The van der Waals surface area contributed by atoms with Crippen molar-refractivity contribution in [3.05, 3.63) is 65.5 Å². The maximum absolute atomic E-state index is 4.08. The Morgan fingerprint density at radius 1 is 0.857 bits per heavy atom. The first-order valence-corrected chi connectivity index (χ1v) is 7.69. The summed E-state index contributed by atoms with van der Waals surface area (Å²) in [6, 6.07) is 13.1. The van der Waals surface area contributed by atoms with Crippen molar-refractivity contribution < 1.29 is 0 Å². The van der Waals surface area contributed by atoms with E-state index in [-0.39, 0.29) is 0 Å². The standard InChI is InChI=1S/C18H23N3/c1-16-3-2-4-18(13-16)15-21-11-9-20(10-12-21)14-17-5-7-19-8-6-17/h2-8,13H,9-12,14-15H2,1H3. The molecule has 1 aromatic heterocycles. The van der Waals surface area contributed by atoms with Gasteiger partial charge in [0.05, 0.1) is 0 Å². The zero-order chi connectivity index (χ0) is 14.5. The van der Waals surface area contributed by atoms with E-state index in [4.69, 9.17) is 0 Å². The average Bonchev–Trinajstić information content (AvgIpc) is 2.50. The number of piperazine rings is 1. The highest BCUT2D eigenvalue weighted by Gasteiger charge is 2.16. The van der Waals surface area contributed by atoms with E-state index in [2.05, 4.69) is 58.1 Å². The quantitative estimate of drug-likeness (QED) is 0.859. The fourth-order valence-electron chi connectivity index (χ4n) is 2.92. The van der Waals surface area contributed by atoms with Crippen LogP contribution in [0.2, 0.25) is 0 Å². The highest BCUT2D eigenvalue weighted by Crippen LogP contribution is 2.12. The van der Waals surface area contributed by atoms with Gasteiger partial charge in [-0.15, -0.1) is 0 Å². The number of aromatic nitrogens is 1. The van der Waals surface area contributed by atoms with Crippen LogP contribution in [0, 0.1) is 6.92 Å². The summed E-state index contributed by atoms with van der Waals surface area (Å²) in [7, 11) is 0. The molecular weight excluding hydrogens is 258 g/mol. The predicted molar refractivity (Wildman–Crippen MR) is 86.0 cm³/mol. The number of nitrogens with zero attached hydrogens (tertiary/aromatic N) is 3. The molecule has 3 heteroatoms. The molecule has 0 unspecified atom stereocenters. The van der Waals surface area contributed by atoms with Crippen LogP contribution in [0.1, 0.15) is 16.7 Å². The molecule has 0 saturated carbocycles. The predicted octanol–water partition coefficient (Wildman–Crippen LogP) is 2.71. The molecule has 0 radical (unpaired) electrons. The summed E-state index contributed by atoms with van der Waals surface area (Å²) in [6.07, 6.45) is 3.76. The molecule has 1 aromatic carbocycles. The van der Waals surface area contributed by atoms with Gasteiger partial charge in [0, 0.05) is 51.7 Å². The molecule has 110 valence electrons. The molecule has 0 bridgehead atoms. The first kappa shape index (κ1) is 14.2. The molecule has 21 heavy (non-hydrogen) atoms. The minimum absolute atomic E-state index is 1.04. The summed E-state index contributed by atoms with van der Waals surface area (Å²) in [5.74, 6) is 0. The number of rotatable bonds is 4. The van der Waals surface area contributed by atoms with E-state index < -0.39 is 0 Å². The van der Waals surface area contributed by atoms with Crippen LogP contribution in [-0.2, 0) is 13.1 Å². The maximum atomic E-state index is 4.08. The molecule has 0 atom stereocenters. The summed E-state index contributed by atoms with van der Waals surface area (Å²) in [4.78, 5) is 9.16. The molecule has 3 rings (SSSR count). The fourth-order valence-corrected chi connectivity index (χ4v) is 2.92. The van der Waals surface area contributed by atoms with Crippen molar-refractivity contribution in [2.75, 3.05) is 26.2 Å². The third kappa shape index (κ3) is 4.13. The van der Waals surface area contributed by atoms with E-state index in [1.54, 1.807) is 0 Å². The van der Waals surface area contributed by atoms with E-state index in [1.807, 2.05) is 12.4 Å². The minimum Gasteiger partial charge on any atom is -0.297 e. The molecule has 3 nitrogen and oxygen atoms in total. The minimum atomic E-state index is 1.04. The second kappa shape index (κ2) is 6.83. The number of pyridine rings is 1. The van der Waals surface area contributed by atoms with Crippen molar-refractivity contribution in [2.45, 2.75) is 20.0 Å². The Hall–Kier alpha value is -1.71. The molecule has 0 N–H and O–H groups in total. The molecule has 2 aromatic rings. The smallest absolute Gasteiger partial charge is 0.0271 e. The lowest BCUT2D eigenvalue weighted by Gasteiger charge is -2.34. The van der Waals surface area contributed by atoms with E-state index in [0.717, 1.165) is 39.3 Å². The lowest BCUT2D eigenvalue weighted by Crippen LogP contribution is -2.45. The lowest BCUT2D eigenvalue weighted by molar-refractivity contribution is 0.122. The van der Waals surface area contributed by atoms with Crippen LogP contribution in [0.4, 0.5) is 0 Å². The van der Waals surface area contributed by atoms with Crippen LogP contribution in [0.5, 0.6) is 0 Å². The second-order valence-electron chi connectivity index (χ2n) is 5.90. The van der Waals surface area contributed by atoms with Gasteiger partial charge in [0.2, 0.25) is 0 Å². The Morgan fingerprint density at radius 3 is 2.10 bits per heavy atom. The SMILES string of the molecule is Cc1cccc(CN2CCN(Cc3ccncc3)CC2)c1. The van der Waals surface area contributed by atoms with Crippen LogP contribution in [0.3, 0.4) is 0 Å². The molecule has 1 aliphatic heterocycles. The van der Waals surface area contributed by atoms with E-state index in [1.165, 1.54) is 16.7 Å². The molecule has 1 aliphatic rings. The van der Waals surface area contributed by atoms with Gasteiger partial charge in [-0.1, -0.05) is 29.8 Å². The summed E-state index contributed by atoms with van der Waals surface area (Å²) >= 11 is 0. The zero-order valence-electron chi connectivity index (χ0n) is 12.7. The highest BCUT2D eigenvalue weighted by molar-refractivity contribution is 5.22. The first-order valence-electron chi connectivity index (χ1n) is 7.69. The molecule has 2 heterocycles. The Morgan fingerprint density at radius 2 is 1.48 bits per heavy atom. The van der Waals surface area contributed by atoms with Crippen LogP contribution >= 0.6 is 0 Å². The van der Waals surface area contributed by atoms with Crippen LogP contribution < -0.4 is 0 Å². The van der Waals surface area contributed by atoms with Gasteiger partial charge in [-0.3, -0.25) is 14.8 Å². The van der Waals surface area contributed by atoms with E-state index in [9.17, 15) is 0 Å². The molecule has 1 fully saturated rings. The number of hydrogen-bond acceptors (Lipinski definition) is 3. The highest BCUT2D eigenvalue weighted by atomic mass is 15.3. The van der Waals surface area contributed by atoms with Crippen LogP contribution in [0.15, 0.2) is 48.8 Å². The third-order valence-electron chi connectivity index (χ3n) is 4.11. The monoisotopic (exact) mass is 281 g/mol. The fraction of sp³-hybridized carbons (Fsp3) is 0.389.